The topological polar surface area (TPSA) is 18.5 Å². The molecule has 0 atom stereocenters. The van der Waals surface area contributed by atoms with Crippen LogP contribution in [0.4, 0.5) is 0 Å². The van der Waals surface area contributed by atoms with E-state index >= 15 is 0 Å². The van der Waals surface area contributed by atoms with Gasteiger partial charge in [-0.2, -0.15) is 0 Å². The van der Waals surface area contributed by atoms with Gasteiger partial charge in [0.05, 0.1) is 0 Å². The van der Waals surface area contributed by atoms with Crippen molar-refractivity contribution in [1.29, 1.82) is 0 Å². The van der Waals surface area contributed by atoms with Crippen molar-refractivity contribution in [3.63, 3.8) is 0 Å². The molecule has 0 amide bonds. The summed E-state index contributed by atoms with van der Waals surface area (Å²) in [6, 6.07) is 17.9. The number of nitrogens with one attached hydrogen (secondary N) is 1. The number of unbranched alkanes of at least 4 members (excludes halogenated alkanes) is 1. The van der Waals surface area contributed by atoms with Crippen LogP contribution in [0, 0.1) is 0 Å². The first-order chi connectivity index (χ1) is 13.6. The molecule has 3 heteroatoms. The Morgan fingerprint density at radius 1 is 0.643 bits per heavy atom. The number of aryl methyl sites for hydroxylation is 1. The lowest BCUT2D eigenvalue weighted by Crippen LogP contribution is -2.26. The van der Waals surface area contributed by atoms with Crippen LogP contribution in [-0.4, -0.2) is 57.6 Å². The summed E-state index contributed by atoms with van der Waals surface area (Å²) in [6.07, 6.45) is 3.61. The molecule has 0 unspecified atom stereocenters. The molecule has 0 spiro atoms. The number of hydrogen-bond donors (Lipinski definition) is 1. The van der Waals surface area contributed by atoms with Crippen LogP contribution in [0.25, 0.3) is 21.5 Å². The number of rotatable bonds is 10. The molecule has 150 valence electrons. The maximum atomic E-state index is 3.65. The molecule has 0 bridgehead atoms. The Hall–Kier alpha value is -1.94. The Morgan fingerprint density at radius 2 is 1.14 bits per heavy atom. The van der Waals surface area contributed by atoms with Gasteiger partial charge < -0.3 is 15.1 Å². The number of fused-ring (bicyclic) bond motifs is 2. The fourth-order valence-electron chi connectivity index (χ4n) is 4.01. The van der Waals surface area contributed by atoms with Gasteiger partial charge in [-0.3, -0.25) is 0 Å². The highest BCUT2D eigenvalue weighted by atomic mass is 15.1. The third-order valence-electron chi connectivity index (χ3n) is 5.47. The summed E-state index contributed by atoms with van der Waals surface area (Å²) >= 11 is 0. The lowest BCUT2D eigenvalue weighted by molar-refractivity contribution is 0.394. The van der Waals surface area contributed by atoms with E-state index in [2.05, 4.69) is 91.8 Å². The summed E-state index contributed by atoms with van der Waals surface area (Å²) < 4.78 is 0. The standard InChI is InChI=1S/C25H35N3/c1-27(2)17-10-9-15-20-21-11-5-7-13-23(21)25(19-26-16-18-28(3)4)24-14-8-6-12-22(20)24/h5-8,11-14,26H,9-10,15-19H2,1-4H3. The fraction of sp³-hybridized carbons (Fsp3) is 0.440. The first-order valence-corrected chi connectivity index (χ1v) is 10.5. The van der Waals surface area contributed by atoms with Crippen molar-refractivity contribution < 1.29 is 0 Å². The monoisotopic (exact) mass is 377 g/mol. The van der Waals surface area contributed by atoms with Gasteiger partial charge in [-0.25, -0.2) is 0 Å². The maximum Gasteiger partial charge on any atom is 0.0218 e. The first-order valence-electron chi connectivity index (χ1n) is 10.5. The molecule has 0 aliphatic carbocycles. The number of likely N-dealkylation sites (N-methyl/N-ethyl adjacent to an activating group) is 1. The van der Waals surface area contributed by atoms with Crippen molar-refractivity contribution in [1.82, 2.24) is 15.1 Å². The predicted octanol–water partition coefficient (Wildman–Crippen LogP) is 4.53. The second-order valence-electron chi connectivity index (χ2n) is 8.29. The Bertz CT molecular complexity index is 768. The third-order valence-corrected chi connectivity index (χ3v) is 5.47. The molecule has 3 nitrogen and oxygen atoms in total. The first kappa shape index (κ1) is 20.8. The van der Waals surface area contributed by atoms with Gasteiger partial charge in [0.1, 0.15) is 0 Å². The van der Waals surface area contributed by atoms with Crippen LogP contribution in [0.2, 0.25) is 0 Å². The molecule has 0 saturated heterocycles. The van der Waals surface area contributed by atoms with Crippen LogP contribution in [0.5, 0.6) is 0 Å². The zero-order valence-corrected chi connectivity index (χ0v) is 18.0. The summed E-state index contributed by atoms with van der Waals surface area (Å²) in [6.45, 7) is 4.13. The van der Waals surface area contributed by atoms with Gasteiger partial charge >= 0.3 is 0 Å². The van der Waals surface area contributed by atoms with Crippen LogP contribution in [0.3, 0.4) is 0 Å². The van der Waals surface area contributed by atoms with Crippen LogP contribution < -0.4 is 5.32 Å². The average molecular weight is 378 g/mol. The van der Waals surface area contributed by atoms with Gasteiger partial charge in [0.2, 0.25) is 0 Å². The van der Waals surface area contributed by atoms with E-state index < -0.39 is 0 Å². The largest absolute Gasteiger partial charge is 0.311 e. The molecule has 3 aromatic rings. The fourth-order valence-corrected chi connectivity index (χ4v) is 4.01. The van der Waals surface area contributed by atoms with E-state index in [1.165, 1.54) is 45.5 Å². The van der Waals surface area contributed by atoms with Crippen LogP contribution in [0.15, 0.2) is 48.5 Å². The molecule has 0 aliphatic rings. The molecule has 0 radical (unpaired) electrons. The summed E-state index contributed by atoms with van der Waals surface area (Å²) in [7, 11) is 8.56. The molecule has 0 aromatic heterocycles. The summed E-state index contributed by atoms with van der Waals surface area (Å²) in [5.41, 5.74) is 2.95. The molecule has 0 aliphatic heterocycles. The minimum Gasteiger partial charge on any atom is -0.311 e. The quantitative estimate of drug-likeness (QED) is 0.414. The molecule has 1 N–H and O–H groups in total. The van der Waals surface area contributed by atoms with Gasteiger partial charge in [0.25, 0.3) is 0 Å². The van der Waals surface area contributed by atoms with Crippen molar-refractivity contribution in [3.8, 4) is 0 Å². The number of nitrogens with zero attached hydrogens (tertiary/aromatic N) is 2. The summed E-state index contributed by atoms with van der Waals surface area (Å²) in [5.74, 6) is 0. The normalized spacial score (nSPS) is 11.9. The molecule has 0 fully saturated rings. The molecule has 0 heterocycles. The van der Waals surface area contributed by atoms with Crippen LogP contribution in [0.1, 0.15) is 24.0 Å². The average Bonchev–Trinajstić information content (AvgIpc) is 2.68. The lowest BCUT2D eigenvalue weighted by atomic mass is 9.89. The molecular weight excluding hydrogens is 342 g/mol. The van der Waals surface area contributed by atoms with E-state index in [1.807, 2.05) is 0 Å². The zero-order valence-electron chi connectivity index (χ0n) is 18.0. The predicted molar refractivity (Wildman–Crippen MR) is 123 cm³/mol. The van der Waals surface area contributed by atoms with E-state index in [4.69, 9.17) is 0 Å². The number of benzene rings is 3. The molecule has 0 saturated carbocycles. The van der Waals surface area contributed by atoms with Crippen molar-refractivity contribution in [2.24, 2.45) is 0 Å². The van der Waals surface area contributed by atoms with Gasteiger partial charge in [0.15, 0.2) is 0 Å². The maximum absolute atomic E-state index is 3.65. The van der Waals surface area contributed by atoms with E-state index in [0.29, 0.717) is 0 Å². The smallest absolute Gasteiger partial charge is 0.0218 e. The summed E-state index contributed by atoms with van der Waals surface area (Å²) in [5, 5.41) is 9.31. The van der Waals surface area contributed by atoms with Crippen LogP contribution in [-0.2, 0) is 13.0 Å². The second kappa shape index (κ2) is 10.0. The zero-order chi connectivity index (χ0) is 19.9. The van der Waals surface area contributed by atoms with Gasteiger partial charge in [-0.05, 0) is 86.7 Å². The Morgan fingerprint density at radius 3 is 1.64 bits per heavy atom. The third kappa shape index (κ3) is 5.11. The summed E-state index contributed by atoms with van der Waals surface area (Å²) in [4.78, 5) is 4.50. The Balaban J connectivity index is 1.96. The Labute approximate surface area is 170 Å². The molecule has 3 rings (SSSR count). The van der Waals surface area contributed by atoms with Crippen LogP contribution >= 0.6 is 0 Å². The minimum atomic E-state index is 0.912. The van der Waals surface area contributed by atoms with Gasteiger partial charge in [-0.1, -0.05) is 48.5 Å². The minimum absolute atomic E-state index is 0.912. The highest BCUT2D eigenvalue weighted by Gasteiger charge is 2.13. The van der Waals surface area contributed by atoms with Gasteiger partial charge in [0, 0.05) is 19.6 Å². The number of hydrogen-bond acceptors (Lipinski definition) is 3. The van der Waals surface area contributed by atoms with Crippen molar-refractivity contribution in [2.75, 3.05) is 47.8 Å². The molecular formula is C25H35N3. The van der Waals surface area contributed by atoms with Gasteiger partial charge in [-0.15, -0.1) is 0 Å². The SMILES string of the molecule is CN(C)CCCCc1c2ccccc2c(CNCCN(C)C)c2ccccc12. The van der Waals surface area contributed by atoms with Crippen molar-refractivity contribution in [2.45, 2.75) is 25.8 Å². The molecule has 3 aromatic carbocycles. The van der Waals surface area contributed by atoms with E-state index in [9.17, 15) is 0 Å². The highest BCUT2D eigenvalue weighted by Crippen LogP contribution is 2.33. The van der Waals surface area contributed by atoms with E-state index in [1.54, 1.807) is 0 Å². The second-order valence-corrected chi connectivity index (χ2v) is 8.29. The van der Waals surface area contributed by atoms with Crippen molar-refractivity contribution >= 4 is 21.5 Å². The van der Waals surface area contributed by atoms with Crippen molar-refractivity contribution in [3.05, 3.63) is 59.7 Å². The lowest BCUT2D eigenvalue weighted by Gasteiger charge is -2.18. The Kier molecular flexibility index (Phi) is 7.43. The molecule has 28 heavy (non-hydrogen) atoms. The van der Waals surface area contributed by atoms with E-state index in [0.717, 1.165) is 32.6 Å². The highest BCUT2D eigenvalue weighted by molar-refractivity contribution is 6.05. The van der Waals surface area contributed by atoms with E-state index in [-0.39, 0.29) is 0 Å².